The average Bonchev–Trinajstić information content (AvgIpc) is 2.38. The first-order valence-electron chi connectivity index (χ1n) is 5.96. The summed E-state index contributed by atoms with van der Waals surface area (Å²) >= 11 is 3.44. The third kappa shape index (κ3) is 3.65. The van der Waals surface area contributed by atoms with Crippen molar-refractivity contribution in [1.82, 2.24) is 9.97 Å². The van der Waals surface area contributed by atoms with Crippen LogP contribution in [-0.2, 0) is 0 Å². The third-order valence-electron chi connectivity index (χ3n) is 2.50. The van der Waals surface area contributed by atoms with E-state index in [-0.39, 0.29) is 5.92 Å². The molecule has 1 heterocycles. The minimum atomic E-state index is 0.233. The van der Waals surface area contributed by atoms with Crippen LogP contribution in [-0.4, -0.2) is 9.97 Å². The maximum Gasteiger partial charge on any atom is 0.145 e. The molecule has 0 unspecified atom stereocenters. The Kier molecular flexibility index (Phi) is 4.34. The second-order valence-corrected chi connectivity index (χ2v) is 5.35. The highest BCUT2D eigenvalue weighted by Crippen LogP contribution is 2.22. The lowest BCUT2D eigenvalue weighted by atomic mass is 10.2. The molecule has 0 saturated heterocycles. The first kappa shape index (κ1) is 13.8. The first-order chi connectivity index (χ1) is 9.08. The number of aromatic nitrogens is 2. The van der Waals surface area contributed by atoms with Gasteiger partial charge < -0.3 is 10.7 Å². The Morgan fingerprint density at radius 3 is 2.53 bits per heavy atom. The van der Waals surface area contributed by atoms with Crippen LogP contribution in [0, 0.1) is 0 Å². The summed E-state index contributed by atoms with van der Waals surface area (Å²) in [6, 6.07) is 9.65. The monoisotopic (exact) mass is 321 g/mol. The summed E-state index contributed by atoms with van der Waals surface area (Å²) in [6.07, 6.45) is 0. The fourth-order valence-electron chi connectivity index (χ4n) is 1.58. The SMILES string of the molecule is CC(C)c1nc(NN)cc(Nc2cccc(Br)c2)n1. The average molecular weight is 322 g/mol. The predicted molar refractivity (Wildman–Crippen MR) is 81.4 cm³/mol. The van der Waals surface area contributed by atoms with Crippen LogP contribution in [0.4, 0.5) is 17.3 Å². The van der Waals surface area contributed by atoms with E-state index >= 15 is 0 Å². The predicted octanol–water partition coefficient (Wildman–Crippen LogP) is 3.39. The van der Waals surface area contributed by atoms with E-state index < -0.39 is 0 Å². The second kappa shape index (κ2) is 5.99. The van der Waals surface area contributed by atoms with E-state index in [1.807, 2.05) is 38.1 Å². The highest BCUT2D eigenvalue weighted by Gasteiger charge is 2.07. The summed E-state index contributed by atoms with van der Waals surface area (Å²) in [6.45, 7) is 4.08. The zero-order valence-electron chi connectivity index (χ0n) is 10.8. The van der Waals surface area contributed by atoms with Gasteiger partial charge in [-0.25, -0.2) is 15.8 Å². The van der Waals surface area contributed by atoms with Crippen LogP contribution >= 0.6 is 15.9 Å². The van der Waals surface area contributed by atoms with Gasteiger partial charge in [0.25, 0.3) is 0 Å². The third-order valence-corrected chi connectivity index (χ3v) is 3.00. The summed E-state index contributed by atoms with van der Waals surface area (Å²) in [5.74, 6) is 7.71. The molecule has 1 aromatic carbocycles. The molecule has 1 aromatic heterocycles. The zero-order valence-corrected chi connectivity index (χ0v) is 12.4. The molecule has 0 saturated carbocycles. The lowest BCUT2D eigenvalue weighted by molar-refractivity contribution is 0.777. The van der Waals surface area contributed by atoms with Gasteiger partial charge in [0.1, 0.15) is 17.5 Å². The van der Waals surface area contributed by atoms with Gasteiger partial charge >= 0.3 is 0 Å². The molecule has 5 nitrogen and oxygen atoms in total. The van der Waals surface area contributed by atoms with Crippen LogP contribution in [0.5, 0.6) is 0 Å². The molecule has 0 radical (unpaired) electrons. The first-order valence-corrected chi connectivity index (χ1v) is 6.76. The molecule has 0 fully saturated rings. The number of nitrogen functional groups attached to an aromatic ring is 1. The minimum absolute atomic E-state index is 0.233. The van der Waals surface area contributed by atoms with E-state index in [0.29, 0.717) is 11.6 Å². The van der Waals surface area contributed by atoms with Gasteiger partial charge in [-0.3, -0.25) is 0 Å². The Hall–Kier alpha value is -1.66. The van der Waals surface area contributed by atoms with Crippen molar-refractivity contribution in [3.8, 4) is 0 Å². The number of nitrogens with two attached hydrogens (primary N) is 1. The summed E-state index contributed by atoms with van der Waals surface area (Å²) in [5, 5.41) is 3.24. The molecule has 19 heavy (non-hydrogen) atoms. The van der Waals surface area contributed by atoms with Crippen LogP contribution < -0.4 is 16.6 Å². The number of rotatable bonds is 4. The molecule has 0 amide bonds. The molecule has 0 aliphatic heterocycles. The van der Waals surface area contributed by atoms with Gasteiger partial charge in [0.05, 0.1) is 0 Å². The van der Waals surface area contributed by atoms with Crippen LogP contribution in [0.3, 0.4) is 0 Å². The van der Waals surface area contributed by atoms with Gasteiger partial charge in [0.15, 0.2) is 0 Å². The van der Waals surface area contributed by atoms with Gasteiger partial charge in [-0.2, -0.15) is 0 Å². The van der Waals surface area contributed by atoms with Gasteiger partial charge in [-0.15, -0.1) is 0 Å². The van der Waals surface area contributed by atoms with E-state index in [0.717, 1.165) is 16.0 Å². The number of hydrogen-bond donors (Lipinski definition) is 3. The fraction of sp³-hybridized carbons (Fsp3) is 0.231. The van der Waals surface area contributed by atoms with Gasteiger partial charge in [0, 0.05) is 22.1 Å². The van der Waals surface area contributed by atoms with E-state index in [4.69, 9.17) is 5.84 Å². The number of nitrogens with zero attached hydrogens (tertiary/aromatic N) is 2. The number of hydrazine groups is 1. The number of hydrogen-bond acceptors (Lipinski definition) is 5. The van der Waals surface area contributed by atoms with Crippen LogP contribution in [0.25, 0.3) is 0 Å². The molecular weight excluding hydrogens is 306 g/mol. The van der Waals surface area contributed by atoms with Crippen molar-refractivity contribution in [1.29, 1.82) is 0 Å². The Bertz CT molecular complexity index is 571. The van der Waals surface area contributed by atoms with Crippen molar-refractivity contribution < 1.29 is 0 Å². The lowest BCUT2D eigenvalue weighted by Gasteiger charge is -2.11. The Labute approximate surface area is 120 Å². The van der Waals surface area contributed by atoms with Crippen LogP contribution in [0.1, 0.15) is 25.6 Å². The van der Waals surface area contributed by atoms with Crippen molar-refractivity contribution in [2.45, 2.75) is 19.8 Å². The Morgan fingerprint density at radius 1 is 1.16 bits per heavy atom. The van der Waals surface area contributed by atoms with Crippen molar-refractivity contribution in [3.05, 3.63) is 40.6 Å². The van der Waals surface area contributed by atoms with E-state index in [1.54, 1.807) is 6.07 Å². The molecule has 2 rings (SSSR count). The molecule has 100 valence electrons. The van der Waals surface area contributed by atoms with Gasteiger partial charge in [0.2, 0.25) is 0 Å². The van der Waals surface area contributed by atoms with E-state index in [2.05, 4.69) is 36.6 Å². The highest BCUT2D eigenvalue weighted by atomic mass is 79.9. The summed E-state index contributed by atoms with van der Waals surface area (Å²) < 4.78 is 1.01. The maximum atomic E-state index is 5.43. The smallest absolute Gasteiger partial charge is 0.145 e. The van der Waals surface area contributed by atoms with E-state index in [1.165, 1.54) is 0 Å². The summed E-state index contributed by atoms with van der Waals surface area (Å²) in [4.78, 5) is 8.79. The minimum Gasteiger partial charge on any atom is -0.340 e. The fourth-order valence-corrected chi connectivity index (χ4v) is 1.98. The Morgan fingerprint density at radius 2 is 1.89 bits per heavy atom. The van der Waals surface area contributed by atoms with Crippen LogP contribution in [0.2, 0.25) is 0 Å². The lowest BCUT2D eigenvalue weighted by Crippen LogP contribution is -2.12. The van der Waals surface area contributed by atoms with Crippen molar-refractivity contribution in [2.24, 2.45) is 5.84 Å². The molecule has 0 bridgehead atoms. The molecule has 2 aromatic rings. The van der Waals surface area contributed by atoms with E-state index in [9.17, 15) is 0 Å². The number of benzene rings is 1. The Balaban J connectivity index is 2.31. The van der Waals surface area contributed by atoms with Crippen molar-refractivity contribution in [3.63, 3.8) is 0 Å². The number of halogens is 1. The quantitative estimate of drug-likeness (QED) is 0.594. The standard InChI is InChI=1S/C13H16BrN5/c1-8(2)13-17-11(7-12(18-13)19-15)16-10-5-3-4-9(14)6-10/h3-8H,15H2,1-2H3,(H2,16,17,18,19). The normalized spacial score (nSPS) is 10.6. The molecule has 4 N–H and O–H groups in total. The molecule has 0 aliphatic rings. The molecule has 0 aliphatic carbocycles. The molecule has 0 spiro atoms. The number of nitrogens with one attached hydrogen (secondary N) is 2. The molecule has 6 heteroatoms. The highest BCUT2D eigenvalue weighted by molar-refractivity contribution is 9.10. The summed E-state index contributed by atoms with van der Waals surface area (Å²) in [5.41, 5.74) is 3.51. The molecular formula is C13H16BrN5. The molecule has 0 atom stereocenters. The van der Waals surface area contributed by atoms with Gasteiger partial charge in [-0.1, -0.05) is 35.8 Å². The van der Waals surface area contributed by atoms with Gasteiger partial charge in [-0.05, 0) is 18.2 Å². The van der Waals surface area contributed by atoms with Crippen LogP contribution in [0.15, 0.2) is 34.8 Å². The zero-order chi connectivity index (χ0) is 13.8. The maximum absolute atomic E-state index is 5.43. The van der Waals surface area contributed by atoms with Crippen molar-refractivity contribution in [2.75, 3.05) is 10.7 Å². The topological polar surface area (TPSA) is 75.9 Å². The second-order valence-electron chi connectivity index (χ2n) is 4.43. The number of anilines is 3. The summed E-state index contributed by atoms with van der Waals surface area (Å²) in [7, 11) is 0. The largest absolute Gasteiger partial charge is 0.340 e. The van der Waals surface area contributed by atoms with Crippen molar-refractivity contribution >= 4 is 33.3 Å².